The zero-order valence-electron chi connectivity index (χ0n) is 14.8. The number of hydrogen-bond donors (Lipinski definition) is 1. The van der Waals surface area contributed by atoms with E-state index in [9.17, 15) is 0 Å². The van der Waals surface area contributed by atoms with E-state index in [0.717, 1.165) is 31.1 Å². The summed E-state index contributed by atoms with van der Waals surface area (Å²) in [4.78, 5) is 7.17. The van der Waals surface area contributed by atoms with Gasteiger partial charge in [0.25, 0.3) is 0 Å². The Morgan fingerprint density at radius 3 is 2.64 bits per heavy atom. The van der Waals surface area contributed by atoms with Gasteiger partial charge in [0.05, 0.1) is 0 Å². The zero-order chi connectivity index (χ0) is 17.1. The van der Waals surface area contributed by atoms with Crippen LogP contribution in [0.4, 0.5) is 11.5 Å². The fourth-order valence-corrected chi connectivity index (χ4v) is 3.71. The molecule has 0 aliphatic carbocycles. The van der Waals surface area contributed by atoms with Gasteiger partial charge in [-0.15, -0.1) is 0 Å². The average molecular weight is 331 g/mol. The number of hydrogen-bond acceptors (Lipinski definition) is 3. The molecule has 0 amide bonds. The predicted octanol–water partition coefficient (Wildman–Crippen LogP) is 5.15. The van der Waals surface area contributed by atoms with E-state index in [2.05, 4.69) is 76.7 Å². The number of anilines is 2. The predicted molar refractivity (Wildman–Crippen MR) is 106 cm³/mol. The second kappa shape index (κ2) is 7.14. The maximum absolute atomic E-state index is 4.69. The van der Waals surface area contributed by atoms with Crippen molar-refractivity contribution in [2.24, 2.45) is 0 Å². The molecule has 3 heteroatoms. The van der Waals surface area contributed by atoms with Crippen LogP contribution in [0.3, 0.4) is 0 Å². The molecule has 1 aliphatic heterocycles. The molecule has 4 rings (SSSR count). The van der Waals surface area contributed by atoms with Crippen molar-refractivity contribution in [1.82, 2.24) is 4.98 Å². The van der Waals surface area contributed by atoms with Crippen molar-refractivity contribution in [2.45, 2.75) is 32.7 Å². The first kappa shape index (κ1) is 15.9. The Balaban J connectivity index is 1.55. The molecule has 3 nitrogen and oxygen atoms in total. The molecule has 1 fully saturated rings. The monoisotopic (exact) mass is 331 g/mol. The van der Waals surface area contributed by atoms with Gasteiger partial charge in [0.15, 0.2) is 0 Å². The first-order valence-corrected chi connectivity index (χ1v) is 9.24. The number of benzene rings is 2. The van der Waals surface area contributed by atoms with Crippen molar-refractivity contribution < 1.29 is 0 Å². The summed E-state index contributed by atoms with van der Waals surface area (Å²) in [5.74, 6) is 0.966. The Labute approximate surface area is 149 Å². The Kier molecular flexibility index (Phi) is 4.55. The zero-order valence-corrected chi connectivity index (χ0v) is 14.8. The lowest BCUT2D eigenvalue weighted by atomic mass is 10.0. The maximum Gasteiger partial charge on any atom is 0.128 e. The molecule has 1 aromatic heterocycles. The Hall–Kier alpha value is -2.55. The van der Waals surface area contributed by atoms with E-state index < -0.39 is 0 Å². The fourth-order valence-electron chi connectivity index (χ4n) is 3.71. The lowest BCUT2D eigenvalue weighted by Crippen LogP contribution is -2.29. The summed E-state index contributed by atoms with van der Waals surface area (Å²) in [7, 11) is 0. The van der Waals surface area contributed by atoms with E-state index >= 15 is 0 Å². The van der Waals surface area contributed by atoms with Crippen LogP contribution in [0.5, 0.6) is 0 Å². The van der Waals surface area contributed by atoms with Crippen LogP contribution in [0.25, 0.3) is 10.8 Å². The van der Waals surface area contributed by atoms with Crippen LogP contribution in [-0.2, 0) is 6.54 Å². The first-order chi connectivity index (χ1) is 12.3. The molecule has 25 heavy (non-hydrogen) atoms. The minimum Gasteiger partial charge on any atom is -0.371 e. The smallest absolute Gasteiger partial charge is 0.128 e. The van der Waals surface area contributed by atoms with E-state index in [1.165, 1.54) is 41.3 Å². The van der Waals surface area contributed by atoms with Crippen molar-refractivity contribution in [3.05, 3.63) is 65.9 Å². The van der Waals surface area contributed by atoms with Gasteiger partial charge in [-0.05, 0) is 48.6 Å². The highest BCUT2D eigenvalue weighted by atomic mass is 15.1. The topological polar surface area (TPSA) is 28.2 Å². The number of aromatic nitrogens is 1. The normalized spacial score (nSPS) is 14.7. The second-order valence-electron chi connectivity index (χ2n) is 6.89. The summed E-state index contributed by atoms with van der Waals surface area (Å²) >= 11 is 0. The van der Waals surface area contributed by atoms with Gasteiger partial charge in [0, 0.05) is 37.1 Å². The van der Waals surface area contributed by atoms with Gasteiger partial charge in [-0.2, -0.15) is 0 Å². The van der Waals surface area contributed by atoms with Gasteiger partial charge >= 0.3 is 0 Å². The molecule has 0 spiro atoms. The largest absolute Gasteiger partial charge is 0.371 e. The van der Waals surface area contributed by atoms with Crippen LogP contribution in [0.2, 0.25) is 0 Å². The molecule has 1 saturated heterocycles. The van der Waals surface area contributed by atoms with Crippen molar-refractivity contribution in [3.63, 3.8) is 0 Å². The number of fused-ring (bicyclic) bond motifs is 1. The summed E-state index contributed by atoms with van der Waals surface area (Å²) in [5, 5.41) is 6.13. The third-order valence-electron chi connectivity index (χ3n) is 5.00. The lowest BCUT2D eigenvalue weighted by molar-refractivity contribution is 0.577. The van der Waals surface area contributed by atoms with Crippen LogP contribution < -0.4 is 10.2 Å². The van der Waals surface area contributed by atoms with Gasteiger partial charge in [-0.3, -0.25) is 0 Å². The molecule has 0 saturated carbocycles. The number of piperidine rings is 1. The second-order valence-corrected chi connectivity index (χ2v) is 6.89. The highest BCUT2D eigenvalue weighted by Gasteiger charge is 2.12. The molecule has 3 aromatic rings. The van der Waals surface area contributed by atoms with Crippen LogP contribution in [0.1, 0.15) is 30.5 Å². The highest BCUT2D eigenvalue weighted by Crippen LogP contribution is 2.24. The van der Waals surface area contributed by atoms with E-state index in [1.807, 2.05) is 0 Å². The Bertz CT molecular complexity index is 861. The molecule has 2 aromatic carbocycles. The molecular weight excluding hydrogens is 306 g/mol. The van der Waals surface area contributed by atoms with Gasteiger partial charge < -0.3 is 10.2 Å². The summed E-state index contributed by atoms with van der Waals surface area (Å²) in [6.07, 6.45) is 3.94. The minimum absolute atomic E-state index is 0.789. The van der Waals surface area contributed by atoms with Gasteiger partial charge in [-0.25, -0.2) is 4.98 Å². The van der Waals surface area contributed by atoms with E-state index in [1.54, 1.807) is 0 Å². The third-order valence-corrected chi connectivity index (χ3v) is 5.00. The molecule has 0 bridgehead atoms. The number of rotatable bonds is 4. The van der Waals surface area contributed by atoms with Crippen LogP contribution in [-0.4, -0.2) is 18.1 Å². The lowest BCUT2D eigenvalue weighted by Gasteiger charge is -2.29. The number of pyridine rings is 1. The van der Waals surface area contributed by atoms with Gasteiger partial charge in [-0.1, -0.05) is 42.5 Å². The SMILES string of the molecule is Cc1cc(N2CCCCC2)cc(NCc2cccc3ccccc23)n1. The molecule has 2 heterocycles. The highest BCUT2D eigenvalue weighted by molar-refractivity contribution is 5.85. The van der Waals surface area contributed by atoms with E-state index in [0.29, 0.717) is 0 Å². The number of nitrogens with one attached hydrogen (secondary N) is 1. The van der Waals surface area contributed by atoms with Crippen LogP contribution >= 0.6 is 0 Å². The molecule has 0 atom stereocenters. The summed E-state index contributed by atoms with van der Waals surface area (Å²) < 4.78 is 0. The molecule has 0 radical (unpaired) electrons. The summed E-state index contributed by atoms with van der Waals surface area (Å²) in [5.41, 5.74) is 3.68. The molecule has 1 N–H and O–H groups in total. The van der Waals surface area contributed by atoms with E-state index in [4.69, 9.17) is 0 Å². The van der Waals surface area contributed by atoms with Crippen molar-refractivity contribution in [3.8, 4) is 0 Å². The third kappa shape index (κ3) is 3.60. The maximum atomic E-state index is 4.69. The van der Waals surface area contributed by atoms with Gasteiger partial charge in [0.1, 0.15) is 5.82 Å². The first-order valence-electron chi connectivity index (χ1n) is 9.24. The van der Waals surface area contributed by atoms with Crippen molar-refractivity contribution in [2.75, 3.05) is 23.3 Å². The standard InChI is InChI=1S/C22H25N3/c1-17-14-20(25-12-5-2-6-13-25)15-22(24-17)23-16-19-10-7-9-18-8-3-4-11-21(18)19/h3-4,7-11,14-15H,2,5-6,12-13,16H2,1H3,(H,23,24). The Morgan fingerprint density at radius 2 is 1.76 bits per heavy atom. The fraction of sp³-hybridized carbons (Fsp3) is 0.318. The van der Waals surface area contributed by atoms with Crippen molar-refractivity contribution >= 4 is 22.3 Å². The quantitative estimate of drug-likeness (QED) is 0.717. The van der Waals surface area contributed by atoms with Crippen molar-refractivity contribution in [1.29, 1.82) is 0 Å². The Morgan fingerprint density at radius 1 is 0.960 bits per heavy atom. The molecule has 128 valence electrons. The van der Waals surface area contributed by atoms with Crippen LogP contribution in [0.15, 0.2) is 54.6 Å². The number of aryl methyl sites for hydroxylation is 1. The number of nitrogens with zero attached hydrogens (tertiary/aromatic N) is 2. The average Bonchev–Trinajstić information content (AvgIpc) is 2.66. The molecule has 1 aliphatic rings. The van der Waals surface area contributed by atoms with Crippen LogP contribution in [0, 0.1) is 6.92 Å². The minimum atomic E-state index is 0.789. The van der Waals surface area contributed by atoms with E-state index in [-0.39, 0.29) is 0 Å². The summed E-state index contributed by atoms with van der Waals surface area (Å²) in [6.45, 7) is 5.19. The van der Waals surface area contributed by atoms with Gasteiger partial charge in [0.2, 0.25) is 0 Å². The summed E-state index contributed by atoms with van der Waals surface area (Å²) in [6, 6.07) is 19.4. The molecular formula is C22H25N3. The molecule has 0 unspecified atom stereocenters.